The van der Waals surface area contributed by atoms with Crippen molar-refractivity contribution in [3.63, 3.8) is 0 Å². The SMILES string of the molecule is C[C@@H](C(=O)C[C@H](C(=O)N1CCC[C@H]1c1ccnc(-n2ccc3cc(F)ccc32)c1)C1CCCCC1)N(C)C. The number of nitrogens with zero attached hydrogens (tertiary/aromatic N) is 4. The molecule has 1 saturated heterocycles. The molecule has 1 amide bonds. The second-order valence-corrected chi connectivity index (χ2v) is 11.3. The maximum Gasteiger partial charge on any atom is 0.226 e. The van der Waals surface area contributed by atoms with Crippen LogP contribution in [0.2, 0.25) is 0 Å². The summed E-state index contributed by atoms with van der Waals surface area (Å²) in [5, 5.41) is 0.821. The summed E-state index contributed by atoms with van der Waals surface area (Å²) in [5.41, 5.74) is 1.95. The highest BCUT2D eigenvalue weighted by atomic mass is 19.1. The molecule has 6 nitrogen and oxygen atoms in total. The van der Waals surface area contributed by atoms with Crippen molar-refractivity contribution in [3.8, 4) is 5.82 Å². The summed E-state index contributed by atoms with van der Waals surface area (Å²) in [6.45, 7) is 2.65. The number of aromatic nitrogens is 2. The molecule has 1 aliphatic heterocycles. The Morgan fingerprint density at radius 2 is 1.84 bits per heavy atom. The number of halogens is 1. The van der Waals surface area contributed by atoms with Crippen LogP contribution in [0.25, 0.3) is 16.7 Å². The number of pyridine rings is 1. The molecule has 2 aromatic heterocycles. The maximum atomic E-state index is 14.2. The Bertz CT molecular complexity index is 1300. The fraction of sp³-hybridized carbons (Fsp3) is 0.516. The number of amides is 1. The molecule has 0 N–H and O–H groups in total. The predicted octanol–water partition coefficient (Wildman–Crippen LogP) is 5.93. The van der Waals surface area contributed by atoms with Crippen molar-refractivity contribution in [2.45, 2.75) is 70.4 Å². The zero-order valence-corrected chi connectivity index (χ0v) is 22.8. The molecule has 1 aromatic carbocycles. The number of Topliss-reactive ketones (excluding diaryl/α,β-unsaturated/α-hetero) is 1. The van der Waals surface area contributed by atoms with E-state index in [0.29, 0.717) is 13.0 Å². The van der Waals surface area contributed by atoms with Gasteiger partial charge in [-0.15, -0.1) is 0 Å². The number of hydrogen-bond acceptors (Lipinski definition) is 4. The van der Waals surface area contributed by atoms with Gasteiger partial charge in [-0.3, -0.25) is 14.5 Å². The van der Waals surface area contributed by atoms with E-state index in [1.807, 2.05) is 59.8 Å². The minimum Gasteiger partial charge on any atom is -0.335 e. The summed E-state index contributed by atoms with van der Waals surface area (Å²) < 4.78 is 15.7. The van der Waals surface area contributed by atoms with Gasteiger partial charge in [0.15, 0.2) is 0 Å². The lowest BCUT2D eigenvalue weighted by atomic mass is 9.76. The Morgan fingerprint density at radius 3 is 2.61 bits per heavy atom. The molecular weight excluding hydrogens is 479 g/mol. The highest BCUT2D eigenvalue weighted by Gasteiger charge is 2.39. The van der Waals surface area contributed by atoms with Crippen LogP contribution in [0.5, 0.6) is 0 Å². The second-order valence-electron chi connectivity index (χ2n) is 11.3. The second kappa shape index (κ2) is 11.4. The number of carbonyl (C=O) groups excluding carboxylic acids is 2. The molecule has 0 unspecified atom stereocenters. The van der Waals surface area contributed by atoms with Crippen molar-refractivity contribution >= 4 is 22.6 Å². The number of fused-ring (bicyclic) bond motifs is 1. The van der Waals surface area contributed by atoms with Crippen molar-refractivity contribution in [3.05, 3.63) is 60.2 Å². The van der Waals surface area contributed by atoms with Gasteiger partial charge in [0.2, 0.25) is 5.91 Å². The Labute approximate surface area is 224 Å². The first-order valence-corrected chi connectivity index (χ1v) is 14.1. The van der Waals surface area contributed by atoms with Crippen LogP contribution in [-0.2, 0) is 9.59 Å². The molecule has 2 fully saturated rings. The highest BCUT2D eigenvalue weighted by molar-refractivity contribution is 5.90. The van der Waals surface area contributed by atoms with Gasteiger partial charge in [0, 0.05) is 36.7 Å². The molecule has 0 radical (unpaired) electrons. The number of benzene rings is 1. The summed E-state index contributed by atoms with van der Waals surface area (Å²) in [6.07, 6.45) is 11.4. The van der Waals surface area contributed by atoms with Gasteiger partial charge in [-0.2, -0.15) is 0 Å². The predicted molar refractivity (Wildman–Crippen MR) is 148 cm³/mol. The molecule has 0 bridgehead atoms. The van der Waals surface area contributed by atoms with Crippen LogP contribution in [0.4, 0.5) is 4.39 Å². The molecule has 38 heavy (non-hydrogen) atoms. The van der Waals surface area contributed by atoms with Gasteiger partial charge in [-0.05, 0) is 94.6 Å². The number of ketones is 1. The third-order valence-electron chi connectivity index (χ3n) is 8.79. The quantitative estimate of drug-likeness (QED) is 0.371. The van der Waals surface area contributed by atoms with Crippen molar-refractivity contribution in [2.24, 2.45) is 11.8 Å². The lowest BCUT2D eigenvalue weighted by Crippen LogP contribution is -2.42. The van der Waals surface area contributed by atoms with Gasteiger partial charge in [0.1, 0.15) is 17.4 Å². The first-order valence-electron chi connectivity index (χ1n) is 14.1. The molecule has 3 atom stereocenters. The van der Waals surface area contributed by atoms with E-state index in [4.69, 9.17) is 0 Å². The number of carbonyl (C=O) groups is 2. The van der Waals surface area contributed by atoms with Gasteiger partial charge in [0.25, 0.3) is 0 Å². The minimum absolute atomic E-state index is 0.0315. The van der Waals surface area contributed by atoms with Crippen molar-refractivity contribution in [1.82, 2.24) is 19.4 Å². The number of rotatable bonds is 8. The van der Waals surface area contributed by atoms with Crippen molar-refractivity contribution in [1.29, 1.82) is 0 Å². The smallest absolute Gasteiger partial charge is 0.226 e. The van der Waals surface area contributed by atoms with Crippen LogP contribution in [0, 0.1) is 17.7 Å². The first kappa shape index (κ1) is 26.5. The van der Waals surface area contributed by atoms with E-state index in [2.05, 4.69) is 4.98 Å². The molecule has 1 aliphatic carbocycles. The topological polar surface area (TPSA) is 58.4 Å². The zero-order chi connectivity index (χ0) is 26.8. The van der Waals surface area contributed by atoms with Crippen LogP contribution in [0.15, 0.2) is 48.8 Å². The van der Waals surface area contributed by atoms with Crippen molar-refractivity contribution in [2.75, 3.05) is 20.6 Å². The van der Waals surface area contributed by atoms with E-state index < -0.39 is 0 Å². The summed E-state index contributed by atoms with van der Waals surface area (Å²) in [6, 6.07) is 10.5. The average Bonchev–Trinajstić information content (AvgIpc) is 3.58. The Morgan fingerprint density at radius 1 is 1.05 bits per heavy atom. The summed E-state index contributed by atoms with van der Waals surface area (Å²) >= 11 is 0. The monoisotopic (exact) mass is 518 g/mol. The zero-order valence-electron chi connectivity index (χ0n) is 22.8. The van der Waals surface area contributed by atoms with Gasteiger partial charge in [-0.1, -0.05) is 19.3 Å². The molecular formula is C31H39FN4O2. The summed E-state index contributed by atoms with van der Waals surface area (Å²) in [7, 11) is 3.84. The van der Waals surface area contributed by atoms with E-state index in [1.54, 1.807) is 12.3 Å². The molecule has 7 heteroatoms. The Kier molecular flexibility index (Phi) is 7.93. The summed E-state index contributed by atoms with van der Waals surface area (Å²) in [5.74, 6) is 0.798. The van der Waals surface area contributed by atoms with Crippen LogP contribution >= 0.6 is 0 Å². The largest absolute Gasteiger partial charge is 0.335 e. The molecule has 3 aromatic rings. The van der Waals surface area contributed by atoms with Crippen LogP contribution < -0.4 is 0 Å². The molecule has 0 spiro atoms. The molecule has 3 heterocycles. The number of likely N-dealkylation sites (N-methyl/N-ethyl adjacent to an activating group) is 1. The first-order chi connectivity index (χ1) is 18.3. The molecule has 202 valence electrons. The normalized spacial score (nSPS) is 20.2. The number of hydrogen-bond donors (Lipinski definition) is 0. The van der Waals surface area contributed by atoms with E-state index in [9.17, 15) is 14.0 Å². The third-order valence-corrected chi connectivity index (χ3v) is 8.79. The van der Waals surface area contributed by atoms with Gasteiger partial charge < -0.3 is 9.47 Å². The van der Waals surface area contributed by atoms with Crippen LogP contribution in [-0.4, -0.2) is 57.7 Å². The third kappa shape index (κ3) is 5.39. The van der Waals surface area contributed by atoms with E-state index in [0.717, 1.165) is 60.8 Å². The maximum absolute atomic E-state index is 14.2. The lowest BCUT2D eigenvalue weighted by Gasteiger charge is -2.35. The fourth-order valence-corrected chi connectivity index (χ4v) is 6.34. The van der Waals surface area contributed by atoms with Gasteiger partial charge >= 0.3 is 0 Å². The van der Waals surface area contributed by atoms with Crippen molar-refractivity contribution < 1.29 is 14.0 Å². The van der Waals surface area contributed by atoms with Gasteiger partial charge in [0.05, 0.1) is 17.6 Å². The fourth-order valence-electron chi connectivity index (χ4n) is 6.34. The standard InChI is InChI=1S/C31H39FN4O2/c1-21(34(2)3)29(37)20-26(22-8-5-4-6-9-22)31(38)36-16-7-10-27(36)23-13-15-33-30(19-23)35-17-14-24-18-25(32)11-12-28(24)35/h11-15,17-19,21-22,26-27H,4-10,16,20H2,1-3H3/t21-,26-,27-/m0/s1. The highest BCUT2D eigenvalue weighted by Crippen LogP contribution is 2.39. The van der Waals surface area contributed by atoms with Crippen LogP contribution in [0.1, 0.15) is 69.9 Å². The van der Waals surface area contributed by atoms with E-state index in [-0.39, 0.29) is 41.4 Å². The summed E-state index contributed by atoms with van der Waals surface area (Å²) in [4.78, 5) is 35.9. The van der Waals surface area contributed by atoms with Crippen LogP contribution in [0.3, 0.4) is 0 Å². The average molecular weight is 519 g/mol. The van der Waals surface area contributed by atoms with Gasteiger partial charge in [-0.25, -0.2) is 9.37 Å². The molecule has 2 aliphatic rings. The molecule has 1 saturated carbocycles. The lowest BCUT2D eigenvalue weighted by molar-refractivity contribution is -0.142. The number of likely N-dealkylation sites (tertiary alicyclic amines) is 1. The minimum atomic E-state index is -0.261. The van der Waals surface area contributed by atoms with E-state index >= 15 is 0 Å². The molecule has 5 rings (SSSR count). The Hall–Kier alpha value is -3.06. The Balaban J connectivity index is 1.41. The van der Waals surface area contributed by atoms with E-state index in [1.165, 1.54) is 18.6 Å².